The molecule has 25 heavy (non-hydrogen) atoms. The molecule has 2 N–H and O–H groups in total. The van der Waals surface area contributed by atoms with Crippen molar-refractivity contribution < 1.29 is 4.79 Å². The average Bonchev–Trinajstić information content (AvgIpc) is 2.58. The number of nitrogens with two attached hydrogens (primary N) is 1. The predicted molar refractivity (Wildman–Crippen MR) is 104 cm³/mol. The molecular formula is C20H28N4O. The van der Waals surface area contributed by atoms with E-state index in [0.29, 0.717) is 12.5 Å². The Kier molecular flexibility index (Phi) is 6.65. The van der Waals surface area contributed by atoms with Gasteiger partial charge < -0.3 is 5.73 Å². The van der Waals surface area contributed by atoms with Crippen LogP contribution in [-0.4, -0.2) is 48.7 Å². The van der Waals surface area contributed by atoms with E-state index < -0.39 is 0 Å². The third-order valence-corrected chi connectivity index (χ3v) is 4.61. The van der Waals surface area contributed by atoms with E-state index in [1.807, 2.05) is 25.3 Å². The van der Waals surface area contributed by atoms with Gasteiger partial charge in [0, 0.05) is 43.7 Å². The third-order valence-electron chi connectivity index (χ3n) is 4.61. The van der Waals surface area contributed by atoms with Crippen molar-refractivity contribution in [1.29, 1.82) is 0 Å². The average molecular weight is 340 g/mol. The van der Waals surface area contributed by atoms with Crippen molar-refractivity contribution in [1.82, 2.24) is 9.88 Å². The summed E-state index contributed by atoms with van der Waals surface area (Å²) in [6.07, 6.45) is 6.68. The van der Waals surface area contributed by atoms with Crippen LogP contribution in [0.25, 0.3) is 11.1 Å². The van der Waals surface area contributed by atoms with Crippen LogP contribution in [0.5, 0.6) is 0 Å². The molecule has 1 aromatic heterocycles. The summed E-state index contributed by atoms with van der Waals surface area (Å²) in [4.78, 5) is 22.1. The second kappa shape index (κ2) is 8.72. The van der Waals surface area contributed by atoms with E-state index in [1.54, 1.807) is 13.2 Å². The fraction of sp³-hybridized carbons (Fsp3) is 0.450. The van der Waals surface area contributed by atoms with Crippen LogP contribution in [0, 0.1) is 11.8 Å². The SMILES string of the molecule is C=C(c1cccnc1/C(C=NC)=C\C)[C@H]1C[C@H](C)CN(CC(N)=O)C1. The molecule has 0 saturated carbocycles. The molecule has 5 heteroatoms. The summed E-state index contributed by atoms with van der Waals surface area (Å²) in [6, 6.07) is 4.00. The van der Waals surface area contributed by atoms with Gasteiger partial charge in [-0.25, -0.2) is 0 Å². The van der Waals surface area contributed by atoms with Crippen molar-refractivity contribution in [3.05, 3.63) is 42.2 Å². The van der Waals surface area contributed by atoms with E-state index in [0.717, 1.165) is 41.9 Å². The van der Waals surface area contributed by atoms with Crippen LogP contribution in [0.1, 0.15) is 31.5 Å². The van der Waals surface area contributed by atoms with E-state index in [9.17, 15) is 4.79 Å². The number of aliphatic imine (C=N–C) groups is 1. The van der Waals surface area contributed by atoms with Crippen LogP contribution in [0.2, 0.25) is 0 Å². The van der Waals surface area contributed by atoms with Gasteiger partial charge in [0.1, 0.15) is 0 Å². The number of likely N-dealkylation sites (tertiary alicyclic amines) is 1. The van der Waals surface area contributed by atoms with Crippen molar-refractivity contribution in [2.45, 2.75) is 20.3 Å². The lowest BCUT2D eigenvalue weighted by atomic mass is 9.82. The Balaban J connectivity index is 2.29. The molecule has 5 nitrogen and oxygen atoms in total. The molecule has 1 saturated heterocycles. The van der Waals surface area contributed by atoms with E-state index in [2.05, 4.69) is 34.4 Å². The Bertz CT molecular complexity index is 693. The minimum Gasteiger partial charge on any atom is -0.369 e. The molecule has 2 rings (SSSR count). The number of primary amides is 1. The number of carbonyl (C=O) groups is 1. The zero-order valence-corrected chi connectivity index (χ0v) is 15.4. The van der Waals surface area contributed by atoms with Crippen LogP contribution in [0.4, 0.5) is 0 Å². The van der Waals surface area contributed by atoms with Gasteiger partial charge in [0.2, 0.25) is 5.91 Å². The second-order valence-corrected chi connectivity index (χ2v) is 6.75. The van der Waals surface area contributed by atoms with E-state index in [1.165, 1.54) is 0 Å². The number of hydrogen-bond donors (Lipinski definition) is 1. The van der Waals surface area contributed by atoms with E-state index >= 15 is 0 Å². The highest BCUT2D eigenvalue weighted by Gasteiger charge is 2.28. The maximum absolute atomic E-state index is 11.3. The molecule has 1 aromatic rings. The molecule has 1 fully saturated rings. The summed E-state index contributed by atoms with van der Waals surface area (Å²) in [5, 5.41) is 0. The third kappa shape index (κ3) is 4.86. The lowest BCUT2D eigenvalue weighted by Crippen LogP contribution is -2.44. The number of aromatic nitrogens is 1. The molecule has 1 amide bonds. The van der Waals surface area contributed by atoms with E-state index in [4.69, 9.17) is 5.73 Å². The highest BCUT2D eigenvalue weighted by Crippen LogP contribution is 2.34. The second-order valence-electron chi connectivity index (χ2n) is 6.75. The normalized spacial score (nSPS) is 22.3. The highest BCUT2D eigenvalue weighted by molar-refractivity contribution is 6.10. The molecule has 0 radical (unpaired) electrons. The Hall–Kier alpha value is -2.27. The van der Waals surface area contributed by atoms with Crippen LogP contribution in [0.15, 0.2) is 36.0 Å². The Morgan fingerprint density at radius 1 is 1.52 bits per heavy atom. The minimum absolute atomic E-state index is 0.280. The Labute approximate surface area is 150 Å². The first-order valence-electron chi connectivity index (χ1n) is 8.69. The predicted octanol–water partition coefficient (Wildman–Crippen LogP) is 2.64. The van der Waals surface area contributed by atoms with Gasteiger partial charge in [-0.1, -0.05) is 25.6 Å². The van der Waals surface area contributed by atoms with Gasteiger partial charge in [0.15, 0.2) is 0 Å². The molecule has 1 aliphatic rings. The number of hydrogen-bond acceptors (Lipinski definition) is 4. The summed E-state index contributed by atoms with van der Waals surface area (Å²) in [5.74, 6) is 0.493. The Morgan fingerprint density at radius 2 is 2.28 bits per heavy atom. The fourth-order valence-corrected chi connectivity index (χ4v) is 3.59. The van der Waals surface area contributed by atoms with Crippen molar-refractivity contribution in [2.75, 3.05) is 26.7 Å². The van der Waals surface area contributed by atoms with Crippen molar-refractivity contribution in [3.63, 3.8) is 0 Å². The number of rotatable bonds is 6. The lowest BCUT2D eigenvalue weighted by molar-refractivity contribution is -0.119. The van der Waals surface area contributed by atoms with Crippen molar-refractivity contribution in [2.24, 2.45) is 22.6 Å². The maximum Gasteiger partial charge on any atom is 0.231 e. The largest absolute Gasteiger partial charge is 0.369 e. The highest BCUT2D eigenvalue weighted by atomic mass is 16.1. The topological polar surface area (TPSA) is 71.6 Å². The van der Waals surface area contributed by atoms with Crippen LogP contribution >= 0.6 is 0 Å². The molecule has 0 aromatic carbocycles. The Morgan fingerprint density at radius 3 is 2.92 bits per heavy atom. The zero-order chi connectivity index (χ0) is 18.4. The molecule has 0 unspecified atom stereocenters. The molecule has 134 valence electrons. The molecule has 0 bridgehead atoms. The van der Waals surface area contributed by atoms with E-state index in [-0.39, 0.29) is 11.8 Å². The zero-order valence-electron chi connectivity index (χ0n) is 15.4. The molecule has 2 atom stereocenters. The summed E-state index contributed by atoms with van der Waals surface area (Å²) in [5.41, 5.74) is 9.38. The van der Waals surface area contributed by atoms with Gasteiger partial charge in [-0.2, -0.15) is 0 Å². The molecule has 0 spiro atoms. The number of nitrogens with zero attached hydrogens (tertiary/aromatic N) is 3. The van der Waals surface area contributed by atoms with Gasteiger partial charge in [0.05, 0.1) is 12.2 Å². The molecule has 2 heterocycles. The summed E-state index contributed by atoms with van der Waals surface area (Å²) < 4.78 is 0. The number of carbonyl (C=O) groups excluding carboxylic acids is 1. The number of piperidine rings is 1. The quantitative estimate of drug-likeness (QED) is 0.809. The molecule has 1 aliphatic heterocycles. The van der Waals surface area contributed by atoms with Gasteiger partial charge in [-0.05, 0) is 36.8 Å². The first-order valence-corrected chi connectivity index (χ1v) is 8.69. The summed E-state index contributed by atoms with van der Waals surface area (Å²) >= 11 is 0. The summed E-state index contributed by atoms with van der Waals surface area (Å²) in [6.45, 7) is 10.6. The van der Waals surface area contributed by atoms with Crippen molar-refractivity contribution in [3.8, 4) is 0 Å². The van der Waals surface area contributed by atoms with Gasteiger partial charge in [-0.15, -0.1) is 0 Å². The first kappa shape index (κ1) is 19.1. The molecule has 0 aliphatic carbocycles. The number of amides is 1. The number of allylic oxidation sites excluding steroid dienone is 2. The van der Waals surface area contributed by atoms with Crippen LogP contribution in [0.3, 0.4) is 0 Å². The number of pyridine rings is 1. The molecular weight excluding hydrogens is 312 g/mol. The first-order chi connectivity index (χ1) is 12.0. The van der Waals surface area contributed by atoms with Gasteiger partial charge >= 0.3 is 0 Å². The van der Waals surface area contributed by atoms with Crippen LogP contribution < -0.4 is 5.73 Å². The summed E-state index contributed by atoms with van der Waals surface area (Å²) in [7, 11) is 1.76. The van der Waals surface area contributed by atoms with Gasteiger partial charge in [-0.3, -0.25) is 19.7 Å². The van der Waals surface area contributed by atoms with Gasteiger partial charge in [0.25, 0.3) is 0 Å². The van der Waals surface area contributed by atoms with Crippen LogP contribution in [-0.2, 0) is 4.79 Å². The minimum atomic E-state index is -0.282. The standard InChI is InChI=1S/C20H28N4O/c1-5-16(10-22-4)20-18(7-6-8-23-20)15(3)17-9-14(2)11-24(12-17)13-19(21)25/h5-8,10,14,17H,3,9,11-13H2,1-2,4H3,(H2,21,25)/b16-5-,22-10?/t14-,17-/m0/s1. The fourth-order valence-electron chi connectivity index (χ4n) is 3.59. The smallest absolute Gasteiger partial charge is 0.231 e. The maximum atomic E-state index is 11.3. The lowest BCUT2D eigenvalue weighted by Gasteiger charge is -2.37. The van der Waals surface area contributed by atoms with Crippen molar-refractivity contribution >= 4 is 23.3 Å². The monoisotopic (exact) mass is 340 g/mol.